The number of carbonyl (C=O) groups is 1. The summed E-state index contributed by atoms with van der Waals surface area (Å²) in [6, 6.07) is 8.12. The van der Waals surface area contributed by atoms with Crippen molar-refractivity contribution in [2.75, 3.05) is 5.32 Å². The largest absolute Gasteiger partial charge is 0.416 e. The summed E-state index contributed by atoms with van der Waals surface area (Å²) in [5, 5.41) is 3.85. The lowest BCUT2D eigenvalue weighted by molar-refractivity contribution is -0.137. The molecule has 2 amide bonds. The lowest BCUT2D eigenvalue weighted by Gasteiger charge is -2.28. The van der Waals surface area contributed by atoms with E-state index in [1.165, 1.54) is 34.6 Å². The zero-order valence-corrected chi connectivity index (χ0v) is 17.8. The van der Waals surface area contributed by atoms with E-state index in [2.05, 4.69) is 9.88 Å². The van der Waals surface area contributed by atoms with Crippen molar-refractivity contribution in [1.82, 2.24) is 9.47 Å². The monoisotopic (exact) mass is 445 g/mol. The Kier molecular flexibility index (Phi) is 4.84. The quantitative estimate of drug-likeness (QED) is 0.453. The van der Waals surface area contributed by atoms with Gasteiger partial charge < -0.3 is 14.8 Å². The Morgan fingerprint density at radius 3 is 2.74 bits per heavy atom. The Bertz CT molecular complexity index is 1150. The molecule has 0 saturated heterocycles. The van der Waals surface area contributed by atoms with E-state index in [9.17, 15) is 18.0 Å². The van der Waals surface area contributed by atoms with Gasteiger partial charge in [-0.3, -0.25) is 0 Å². The van der Waals surface area contributed by atoms with Crippen LogP contribution in [0.25, 0.3) is 5.00 Å². The molecule has 0 radical (unpaired) electrons. The Balaban J connectivity index is 1.50. The molecule has 5 rings (SSSR count). The fourth-order valence-electron chi connectivity index (χ4n) is 4.58. The third-order valence-electron chi connectivity index (χ3n) is 6.18. The molecule has 3 heterocycles. The van der Waals surface area contributed by atoms with E-state index in [0.717, 1.165) is 42.1 Å². The molecule has 2 aliphatic rings. The SMILES string of the molecule is C[C@H]1c2cccn2-c2sc3c(c2CN1C(=O)Nc1cccc(C(F)(F)F)c1)CCCC3. The van der Waals surface area contributed by atoms with E-state index in [0.29, 0.717) is 6.54 Å². The number of benzene rings is 1. The number of alkyl halides is 3. The highest BCUT2D eigenvalue weighted by molar-refractivity contribution is 7.15. The maximum atomic E-state index is 13.3. The molecule has 8 heteroatoms. The number of hydrogen-bond acceptors (Lipinski definition) is 2. The summed E-state index contributed by atoms with van der Waals surface area (Å²) in [4.78, 5) is 16.4. The van der Waals surface area contributed by atoms with Crippen LogP contribution in [-0.2, 0) is 25.6 Å². The Labute approximate surface area is 182 Å². The van der Waals surface area contributed by atoms with Crippen molar-refractivity contribution >= 4 is 23.1 Å². The van der Waals surface area contributed by atoms with Crippen LogP contribution in [0.3, 0.4) is 0 Å². The molecule has 0 fully saturated rings. The van der Waals surface area contributed by atoms with Crippen LogP contribution in [0.5, 0.6) is 0 Å². The summed E-state index contributed by atoms with van der Waals surface area (Å²) in [7, 11) is 0. The van der Waals surface area contributed by atoms with Crippen LogP contribution in [0.15, 0.2) is 42.6 Å². The molecular formula is C23H22F3N3OS. The van der Waals surface area contributed by atoms with Crippen LogP contribution in [0.4, 0.5) is 23.7 Å². The molecule has 1 atom stereocenters. The number of fused-ring (bicyclic) bond motifs is 5. The number of urea groups is 1. The number of amides is 2. The van der Waals surface area contributed by atoms with Gasteiger partial charge in [0.05, 0.1) is 18.2 Å². The maximum absolute atomic E-state index is 13.3. The lowest BCUT2D eigenvalue weighted by Crippen LogP contribution is -2.36. The summed E-state index contributed by atoms with van der Waals surface area (Å²) < 4.78 is 41.4. The minimum absolute atomic E-state index is 0.138. The molecule has 4 nitrogen and oxygen atoms in total. The highest BCUT2D eigenvalue weighted by atomic mass is 32.1. The fraction of sp³-hybridized carbons (Fsp3) is 0.348. The first-order chi connectivity index (χ1) is 14.8. The Morgan fingerprint density at radius 1 is 1.13 bits per heavy atom. The molecule has 2 aromatic heterocycles. The van der Waals surface area contributed by atoms with Crippen LogP contribution in [0.1, 0.15) is 53.1 Å². The third-order valence-corrected chi connectivity index (χ3v) is 7.52. The van der Waals surface area contributed by atoms with Gasteiger partial charge in [0.2, 0.25) is 0 Å². The number of aryl methyl sites for hydroxylation is 1. The number of aromatic nitrogens is 1. The van der Waals surface area contributed by atoms with Crippen LogP contribution in [0.2, 0.25) is 0 Å². The maximum Gasteiger partial charge on any atom is 0.416 e. The number of thiophene rings is 1. The number of anilines is 1. The first-order valence-electron chi connectivity index (χ1n) is 10.4. The van der Waals surface area contributed by atoms with E-state index >= 15 is 0 Å². The van der Waals surface area contributed by atoms with Crippen molar-refractivity contribution in [3.63, 3.8) is 0 Å². The van der Waals surface area contributed by atoms with Crippen molar-refractivity contribution in [3.8, 4) is 5.00 Å². The molecule has 162 valence electrons. The zero-order valence-electron chi connectivity index (χ0n) is 17.0. The number of rotatable bonds is 1. The summed E-state index contributed by atoms with van der Waals surface area (Å²) in [6.07, 6.45) is 1.97. The van der Waals surface area contributed by atoms with E-state index in [-0.39, 0.29) is 11.7 Å². The van der Waals surface area contributed by atoms with Crippen molar-refractivity contribution in [2.45, 2.75) is 51.4 Å². The average molecular weight is 446 g/mol. The van der Waals surface area contributed by atoms with Gasteiger partial charge in [-0.05, 0) is 68.5 Å². The number of halogens is 3. The molecular weight excluding hydrogens is 423 g/mol. The number of carbonyl (C=O) groups excluding carboxylic acids is 1. The van der Waals surface area contributed by atoms with E-state index in [1.54, 1.807) is 16.2 Å². The number of nitrogens with one attached hydrogen (secondary N) is 1. The minimum atomic E-state index is -4.46. The summed E-state index contributed by atoms with van der Waals surface area (Å²) in [6.45, 7) is 2.40. The van der Waals surface area contributed by atoms with Crippen molar-refractivity contribution < 1.29 is 18.0 Å². The summed E-state index contributed by atoms with van der Waals surface area (Å²) in [5.74, 6) is 0. The molecule has 0 unspecified atom stereocenters. The van der Waals surface area contributed by atoms with Gasteiger partial charge in [0.25, 0.3) is 0 Å². The van der Waals surface area contributed by atoms with Crippen LogP contribution >= 0.6 is 11.3 Å². The predicted molar refractivity (Wildman–Crippen MR) is 115 cm³/mol. The van der Waals surface area contributed by atoms with Gasteiger partial charge in [-0.15, -0.1) is 11.3 Å². The molecule has 1 aliphatic carbocycles. The normalized spacial score (nSPS) is 18.1. The second-order valence-electron chi connectivity index (χ2n) is 8.11. The third kappa shape index (κ3) is 3.52. The molecule has 1 aromatic carbocycles. The number of hydrogen-bond donors (Lipinski definition) is 1. The van der Waals surface area contributed by atoms with Crippen LogP contribution in [-0.4, -0.2) is 15.5 Å². The number of nitrogens with zero attached hydrogens (tertiary/aromatic N) is 2. The minimum Gasteiger partial charge on any atom is -0.312 e. The first-order valence-corrected chi connectivity index (χ1v) is 11.2. The standard InChI is InChI=1S/C23H22F3N3OS/c1-14-19-9-5-11-28(19)21-18(17-8-2-3-10-20(17)31-21)13-29(14)22(30)27-16-7-4-6-15(12-16)23(24,25)26/h4-7,9,11-12,14H,2-3,8,10,13H2,1H3,(H,27,30)/t14-/m0/s1. The van der Waals surface area contributed by atoms with Crippen molar-refractivity contribution in [2.24, 2.45) is 0 Å². The zero-order chi connectivity index (χ0) is 21.8. The Morgan fingerprint density at radius 2 is 1.94 bits per heavy atom. The first kappa shape index (κ1) is 20.2. The van der Waals surface area contributed by atoms with Gasteiger partial charge in [0.15, 0.2) is 0 Å². The van der Waals surface area contributed by atoms with Crippen molar-refractivity contribution in [3.05, 3.63) is 69.9 Å². The van der Waals surface area contributed by atoms with Gasteiger partial charge in [0.1, 0.15) is 5.00 Å². The Hall–Kier alpha value is -2.74. The van der Waals surface area contributed by atoms with Gasteiger partial charge in [-0.2, -0.15) is 13.2 Å². The second kappa shape index (κ2) is 7.44. The predicted octanol–water partition coefficient (Wildman–Crippen LogP) is 6.55. The smallest absolute Gasteiger partial charge is 0.312 e. The average Bonchev–Trinajstić information content (AvgIpc) is 3.33. The molecule has 3 aromatic rings. The fourth-order valence-corrected chi connectivity index (χ4v) is 5.98. The van der Waals surface area contributed by atoms with Gasteiger partial charge in [0, 0.05) is 28.0 Å². The van der Waals surface area contributed by atoms with Crippen LogP contribution < -0.4 is 5.32 Å². The molecule has 1 aliphatic heterocycles. The molecule has 0 spiro atoms. The molecule has 0 saturated carbocycles. The van der Waals surface area contributed by atoms with E-state index in [1.807, 2.05) is 25.3 Å². The highest BCUT2D eigenvalue weighted by Gasteiger charge is 2.34. The second-order valence-corrected chi connectivity index (χ2v) is 9.19. The molecule has 31 heavy (non-hydrogen) atoms. The van der Waals surface area contributed by atoms with Crippen LogP contribution in [0, 0.1) is 0 Å². The van der Waals surface area contributed by atoms with Gasteiger partial charge >= 0.3 is 12.2 Å². The lowest BCUT2D eigenvalue weighted by atomic mass is 9.95. The van der Waals surface area contributed by atoms with Gasteiger partial charge in [-0.25, -0.2) is 4.79 Å². The summed E-state index contributed by atoms with van der Waals surface area (Å²) in [5.41, 5.74) is 2.87. The van der Waals surface area contributed by atoms with E-state index in [4.69, 9.17) is 0 Å². The topological polar surface area (TPSA) is 37.3 Å². The highest BCUT2D eigenvalue weighted by Crippen LogP contribution is 2.42. The van der Waals surface area contributed by atoms with E-state index < -0.39 is 17.8 Å². The van der Waals surface area contributed by atoms with Crippen molar-refractivity contribution in [1.29, 1.82) is 0 Å². The van der Waals surface area contributed by atoms with Gasteiger partial charge in [-0.1, -0.05) is 6.07 Å². The summed E-state index contributed by atoms with van der Waals surface area (Å²) >= 11 is 1.80. The molecule has 1 N–H and O–H groups in total. The molecule has 0 bridgehead atoms.